The van der Waals surface area contributed by atoms with Crippen LogP contribution >= 0.6 is 0 Å². The molecule has 1 atom stereocenters. The van der Waals surface area contributed by atoms with Crippen molar-refractivity contribution in [1.82, 2.24) is 15.2 Å². The van der Waals surface area contributed by atoms with Crippen LogP contribution in [0.25, 0.3) is 0 Å². The summed E-state index contributed by atoms with van der Waals surface area (Å²) < 4.78 is 4.77. The number of aromatic nitrogens is 1. The van der Waals surface area contributed by atoms with Gasteiger partial charge in [-0.3, -0.25) is 4.98 Å². The highest BCUT2D eigenvalue weighted by molar-refractivity contribution is 5.82. The zero-order valence-corrected chi connectivity index (χ0v) is 11.6. The highest BCUT2D eigenvalue weighted by Crippen LogP contribution is 2.02. The number of carboxylic acids is 1. The van der Waals surface area contributed by atoms with E-state index >= 15 is 0 Å². The van der Waals surface area contributed by atoms with Crippen LogP contribution in [0.4, 0.5) is 4.79 Å². The van der Waals surface area contributed by atoms with E-state index in [4.69, 9.17) is 9.84 Å². The van der Waals surface area contributed by atoms with Crippen LogP contribution in [-0.4, -0.2) is 53.3 Å². The van der Waals surface area contributed by atoms with E-state index in [1.807, 2.05) is 13.0 Å². The van der Waals surface area contributed by atoms with Gasteiger partial charge in [-0.15, -0.1) is 0 Å². The molecule has 1 heterocycles. The third-order valence-corrected chi connectivity index (χ3v) is 2.68. The molecule has 2 amide bonds. The highest BCUT2D eigenvalue weighted by atomic mass is 16.5. The molecule has 0 aliphatic rings. The Balaban J connectivity index is 2.64. The number of hydrogen-bond acceptors (Lipinski definition) is 4. The smallest absolute Gasteiger partial charge is 0.328 e. The standard InChI is InChI=1S/C13H19N3O4/c1-3-16(8-10-6-4-5-7-14-10)13(19)15-11(9-20-2)12(17)18/h4-7,11H,3,8-9H2,1-2H3,(H,15,19)(H,17,18). The fourth-order valence-corrected chi connectivity index (χ4v) is 1.60. The number of urea groups is 1. The maximum Gasteiger partial charge on any atom is 0.328 e. The number of carbonyl (C=O) groups excluding carboxylic acids is 1. The molecule has 0 fully saturated rings. The number of methoxy groups -OCH3 is 1. The van der Waals surface area contributed by atoms with E-state index in [1.54, 1.807) is 18.3 Å². The molecule has 20 heavy (non-hydrogen) atoms. The second-order valence-electron chi connectivity index (χ2n) is 4.13. The molecule has 0 radical (unpaired) electrons. The Hall–Kier alpha value is -2.15. The number of ether oxygens (including phenoxy) is 1. The van der Waals surface area contributed by atoms with Crippen molar-refractivity contribution in [2.45, 2.75) is 19.5 Å². The highest BCUT2D eigenvalue weighted by Gasteiger charge is 2.22. The molecule has 0 spiro atoms. The van der Waals surface area contributed by atoms with Gasteiger partial charge in [-0.05, 0) is 19.1 Å². The van der Waals surface area contributed by atoms with E-state index in [0.29, 0.717) is 13.1 Å². The molecule has 0 saturated heterocycles. The van der Waals surface area contributed by atoms with E-state index in [1.165, 1.54) is 12.0 Å². The lowest BCUT2D eigenvalue weighted by Crippen LogP contribution is -2.49. The van der Waals surface area contributed by atoms with Gasteiger partial charge in [0.15, 0.2) is 6.04 Å². The van der Waals surface area contributed by atoms with Gasteiger partial charge in [0, 0.05) is 19.9 Å². The van der Waals surface area contributed by atoms with Crippen molar-refractivity contribution in [2.24, 2.45) is 0 Å². The minimum Gasteiger partial charge on any atom is -0.480 e. The summed E-state index contributed by atoms with van der Waals surface area (Å²) in [7, 11) is 1.38. The summed E-state index contributed by atoms with van der Waals surface area (Å²) in [5, 5.41) is 11.4. The second kappa shape index (κ2) is 8.11. The van der Waals surface area contributed by atoms with E-state index in [9.17, 15) is 9.59 Å². The van der Waals surface area contributed by atoms with Gasteiger partial charge in [0.1, 0.15) is 0 Å². The van der Waals surface area contributed by atoms with Crippen molar-refractivity contribution < 1.29 is 19.4 Å². The monoisotopic (exact) mass is 281 g/mol. The molecule has 1 aromatic rings. The largest absolute Gasteiger partial charge is 0.480 e. The number of pyridine rings is 1. The number of hydrogen-bond donors (Lipinski definition) is 2. The molecule has 7 heteroatoms. The van der Waals surface area contributed by atoms with E-state index in [0.717, 1.165) is 5.69 Å². The summed E-state index contributed by atoms with van der Waals surface area (Å²) in [6.45, 7) is 2.50. The average molecular weight is 281 g/mol. The Morgan fingerprint density at radius 3 is 2.75 bits per heavy atom. The Bertz CT molecular complexity index is 439. The van der Waals surface area contributed by atoms with Crippen LogP contribution < -0.4 is 5.32 Å². The molecule has 2 N–H and O–H groups in total. The van der Waals surface area contributed by atoms with Gasteiger partial charge in [0.25, 0.3) is 0 Å². The van der Waals surface area contributed by atoms with Crippen LogP contribution in [-0.2, 0) is 16.1 Å². The van der Waals surface area contributed by atoms with Gasteiger partial charge in [-0.1, -0.05) is 6.07 Å². The Labute approximate surface area is 117 Å². The zero-order chi connectivity index (χ0) is 15.0. The average Bonchev–Trinajstić information content (AvgIpc) is 2.45. The quantitative estimate of drug-likeness (QED) is 0.768. The third-order valence-electron chi connectivity index (χ3n) is 2.68. The molecule has 0 bridgehead atoms. The Kier molecular flexibility index (Phi) is 6.45. The molecule has 0 aliphatic carbocycles. The zero-order valence-electron chi connectivity index (χ0n) is 11.6. The van der Waals surface area contributed by atoms with Crippen molar-refractivity contribution in [3.63, 3.8) is 0 Å². The van der Waals surface area contributed by atoms with Gasteiger partial charge in [-0.25, -0.2) is 9.59 Å². The lowest BCUT2D eigenvalue weighted by molar-refractivity contribution is -0.140. The predicted octanol–water partition coefficient (Wildman–Crippen LogP) is 0.713. The number of carbonyl (C=O) groups is 2. The minimum absolute atomic E-state index is 0.0811. The first kappa shape index (κ1) is 15.9. The Morgan fingerprint density at radius 1 is 1.50 bits per heavy atom. The van der Waals surface area contributed by atoms with Crippen LogP contribution in [0.15, 0.2) is 24.4 Å². The van der Waals surface area contributed by atoms with E-state index in [-0.39, 0.29) is 6.61 Å². The predicted molar refractivity (Wildman–Crippen MR) is 72.2 cm³/mol. The lowest BCUT2D eigenvalue weighted by Gasteiger charge is -2.23. The molecule has 0 aliphatic heterocycles. The number of nitrogens with zero attached hydrogens (tertiary/aromatic N) is 2. The maximum atomic E-state index is 12.0. The molecule has 0 aromatic carbocycles. The minimum atomic E-state index is -1.13. The molecule has 110 valence electrons. The summed E-state index contributed by atoms with van der Waals surface area (Å²) in [5.74, 6) is -1.13. The molecular formula is C13H19N3O4. The lowest BCUT2D eigenvalue weighted by atomic mass is 10.3. The van der Waals surface area contributed by atoms with Crippen LogP contribution in [0.3, 0.4) is 0 Å². The van der Waals surface area contributed by atoms with Crippen molar-refractivity contribution in [1.29, 1.82) is 0 Å². The van der Waals surface area contributed by atoms with Crippen molar-refractivity contribution in [3.05, 3.63) is 30.1 Å². The molecule has 7 nitrogen and oxygen atoms in total. The number of rotatable bonds is 7. The van der Waals surface area contributed by atoms with Crippen molar-refractivity contribution in [3.8, 4) is 0 Å². The van der Waals surface area contributed by atoms with Gasteiger partial charge >= 0.3 is 12.0 Å². The van der Waals surface area contributed by atoms with Crippen molar-refractivity contribution in [2.75, 3.05) is 20.3 Å². The number of nitrogens with one attached hydrogen (secondary N) is 1. The summed E-state index contributed by atoms with van der Waals surface area (Å²) in [6, 6.07) is 3.91. The molecule has 1 aromatic heterocycles. The third kappa shape index (κ3) is 4.85. The van der Waals surface area contributed by atoms with E-state index < -0.39 is 18.0 Å². The molecule has 1 unspecified atom stereocenters. The maximum absolute atomic E-state index is 12.0. The van der Waals surface area contributed by atoms with Crippen molar-refractivity contribution >= 4 is 12.0 Å². The van der Waals surface area contributed by atoms with Gasteiger partial charge in [-0.2, -0.15) is 0 Å². The first-order valence-electron chi connectivity index (χ1n) is 6.25. The summed E-state index contributed by atoms with van der Waals surface area (Å²) in [6.07, 6.45) is 1.64. The van der Waals surface area contributed by atoms with Gasteiger partial charge in [0.05, 0.1) is 18.8 Å². The summed E-state index contributed by atoms with van der Waals surface area (Å²) in [4.78, 5) is 28.6. The number of carboxylic acid groups (broad SMARTS) is 1. The van der Waals surface area contributed by atoms with Crippen LogP contribution in [0.2, 0.25) is 0 Å². The molecule has 1 rings (SSSR count). The van der Waals surface area contributed by atoms with E-state index in [2.05, 4.69) is 10.3 Å². The normalized spacial score (nSPS) is 11.7. The fourth-order valence-electron chi connectivity index (χ4n) is 1.60. The van der Waals surface area contributed by atoms with Crippen LogP contribution in [0.5, 0.6) is 0 Å². The first-order chi connectivity index (χ1) is 9.58. The van der Waals surface area contributed by atoms with Crippen LogP contribution in [0.1, 0.15) is 12.6 Å². The SMILES string of the molecule is CCN(Cc1ccccn1)C(=O)NC(COC)C(=O)O. The number of amides is 2. The summed E-state index contributed by atoms with van der Waals surface area (Å²) >= 11 is 0. The molecule has 0 saturated carbocycles. The first-order valence-corrected chi connectivity index (χ1v) is 6.25. The second-order valence-corrected chi connectivity index (χ2v) is 4.13. The summed E-state index contributed by atoms with van der Waals surface area (Å²) in [5.41, 5.74) is 0.739. The topological polar surface area (TPSA) is 91.8 Å². The van der Waals surface area contributed by atoms with Gasteiger partial charge < -0.3 is 20.1 Å². The fraction of sp³-hybridized carbons (Fsp3) is 0.462. The molecular weight excluding hydrogens is 262 g/mol. The number of aliphatic carboxylic acids is 1. The van der Waals surface area contributed by atoms with Gasteiger partial charge in [0.2, 0.25) is 0 Å². The Morgan fingerprint density at radius 2 is 2.25 bits per heavy atom. The van der Waals surface area contributed by atoms with Crippen LogP contribution in [0, 0.1) is 0 Å².